The molecule has 0 saturated heterocycles. The van der Waals surface area contributed by atoms with Crippen molar-refractivity contribution < 1.29 is 9.53 Å². The van der Waals surface area contributed by atoms with Crippen molar-refractivity contribution in [1.29, 1.82) is 0 Å². The summed E-state index contributed by atoms with van der Waals surface area (Å²) in [6.07, 6.45) is 2.19. The molecule has 1 amide bonds. The Labute approximate surface area is 137 Å². The molecule has 1 atom stereocenters. The lowest BCUT2D eigenvalue weighted by Gasteiger charge is -2.22. The number of fused-ring (bicyclic) bond motifs is 1. The number of carbonyl (C=O) groups excluding carboxylic acids is 1. The summed E-state index contributed by atoms with van der Waals surface area (Å²) in [5.41, 5.74) is 1.82. The number of amides is 1. The van der Waals surface area contributed by atoms with Crippen LogP contribution in [0, 0.1) is 0 Å². The Hall–Kier alpha value is -2.60. The van der Waals surface area contributed by atoms with E-state index in [0.717, 1.165) is 27.8 Å². The molecule has 116 valence electrons. The van der Waals surface area contributed by atoms with Crippen molar-refractivity contribution in [3.05, 3.63) is 58.7 Å². The second-order valence-corrected chi connectivity index (χ2v) is 6.35. The number of aromatic nitrogens is 2. The monoisotopic (exact) mass is 325 g/mol. The fourth-order valence-electron chi connectivity index (χ4n) is 2.89. The van der Waals surface area contributed by atoms with Crippen LogP contribution in [0.2, 0.25) is 0 Å². The molecular weight excluding hydrogens is 310 g/mol. The summed E-state index contributed by atoms with van der Waals surface area (Å²) in [4.78, 5) is 17.9. The largest absolute Gasteiger partial charge is 0.497 e. The molecule has 4 rings (SSSR count). The van der Waals surface area contributed by atoms with Crippen molar-refractivity contribution in [2.24, 2.45) is 0 Å². The molecule has 1 N–H and O–H groups in total. The first-order valence-corrected chi connectivity index (χ1v) is 8.19. The Kier molecular flexibility index (Phi) is 3.38. The number of nitrogens with zero attached hydrogens (tertiary/aromatic N) is 2. The first kappa shape index (κ1) is 14.0. The molecule has 0 spiro atoms. The summed E-state index contributed by atoms with van der Waals surface area (Å²) >= 11 is 1.66. The van der Waals surface area contributed by atoms with Gasteiger partial charge >= 0.3 is 0 Å². The Morgan fingerprint density at radius 3 is 3.04 bits per heavy atom. The van der Waals surface area contributed by atoms with E-state index in [4.69, 9.17) is 4.74 Å². The highest BCUT2D eigenvalue weighted by Crippen LogP contribution is 2.39. The SMILES string of the molecule is COc1cccc(-n2cnc3c2NC(=O)CC3c2cccs2)c1. The Balaban J connectivity index is 1.82. The quantitative estimate of drug-likeness (QED) is 0.803. The second-order valence-electron chi connectivity index (χ2n) is 5.37. The molecule has 1 unspecified atom stereocenters. The van der Waals surface area contributed by atoms with Gasteiger partial charge in [0.25, 0.3) is 0 Å². The molecule has 0 saturated carbocycles. The van der Waals surface area contributed by atoms with Gasteiger partial charge in [0.15, 0.2) is 0 Å². The summed E-state index contributed by atoms with van der Waals surface area (Å²) in [7, 11) is 1.64. The van der Waals surface area contributed by atoms with E-state index in [2.05, 4.69) is 16.4 Å². The Bertz CT molecular complexity index is 855. The van der Waals surface area contributed by atoms with E-state index in [0.29, 0.717) is 6.42 Å². The smallest absolute Gasteiger partial charge is 0.226 e. The maximum atomic E-state index is 12.2. The van der Waals surface area contributed by atoms with Gasteiger partial charge in [-0.2, -0.15) is 0 Å². The van der Waals surface area contributed by atoms with Crippen molar-refractivity contribution in [3.8, 4) is 11.4 Å². The molecule has 0 radical (unpaired) electrons. The fourth-order valence-corrected chi connectivity index (χ4v) is 3.72. The van der Waals surface area contributed by atoms with Crippen LogP contribution in [0.15, 0.2) is 48.1 Å². The lowest BCUT2D eigenvalue weighted by Crippen LogP contribution is -2.24. The van der Waals surface area contributed by atoms with Crippen molar-refractivity contribution >= 4 is 23.1 Å². The number of anilines is 1. The van der Waals surface area contributed by atoms with Gasteiger partial charge in [0.05, 0.1) is 18.5 Å². The normalized spacial score (nSPS) is 16.7. The van der Waals surface area contributed by atoms with Crippen molar-refractivity contribution in [1.82, 2.24) is 9.55 Å². The topological polar surface area (TPSA) is 56.1 Å². The van der Waals surface area contributed by atoms with Crippen LogP contribution in [0.25, 0.3) is 5.69 Å². The van der Waals surface area contributed by atoms with Gasteiger partial charge in [-0.15, -0.1) is 11.3 Å². The van der Waals surface area contributed by atoms with Gasteiger partial charge in [-0.1, -0.05) is 12.1 Å². The number of ether oxygens (including phenoxy) is 1. The number of thiophene rings is 1. The highest BCUT2D eigenvalue weighted by molar-refractivity contribution is 7.10. The lowest BCUT2D eigenvalue weighted by molar-refractivity contribution is -0.116. The van der Waals surface area contributed by atoms with Gasteiger partial charge in [0.2, 0.25) is 5.91 Å². The predicted octanol–water partition coefficient (Wildman–Crippen LogP) is 3.42. The maximum absolute atomic E-state index is 12.2. The van der Waals surface area contributed by atoms with Crippen molar-refractivity contribution in [3.63, 3.8) is 0 Å². The van der Waals surface area contributed by atoms with Crippen LogP contribution < -0.4 is 10.1 Å². The average Bonchev–Trinajstić information content (AvgIpc) is 3.23. The standard InChI is InChI=1S/C17H15N3O2S/c1-22-12-5-2-4-11(8-12)20-10-18-16-13(14-6-3-7-23-14)9-15(21)19-17(16)20/h2-8,10,13H,9H2,1H3,(H,19,21). The van der Waals surface area contributed by atoms with Crippen LogP contribution in [0.3, 0.4) is 0 Å². The predicted molar refractivity (Wildman–Crippen MR) is 89.5 cm³/mol. The summed E-state index contributed by atoms with van der Waals surface area (Å²) in [5.74, 6) is 1.54. The van der Waals surface area contributed by atoms with Crippen LogP contribution in [0.4, 0.5) is 5.82 Å². The van der Waals surface area contributed by atoms with E-state index in [-0.39, 0.29) is 11.8 Å². The average molecular weight is 325 g/mol. The van der Waals surface area contributed by atoms with E-state index < -0.39 is 0 Å². The van der Waals surface area contributed by atoms with Crippen molar-refractivity contribution in [2.45, 2.75) is 12.3 Å². The van der Waals surface area contributed by atoms with E-state index in [9.17, 15) is 4.79 Å². The summed E-state index contributed by atoms with van der Waals surface area (Å²) in [6.45, 7) is 0. The second kappa shape index (κ2) is 5.55. The van der Waals surface area contributed by atoms with E-state index in [1.807, 2.05) is 40.3 Å². The zero-order valence-electron chi connectivity index (χ0n) is 12.5. The van der Waals surface area contributed by atoms with E-state index >= 15 is 0 Å². The van der Waals surface area contributed by atoms with Gasteiger partial charge < -0.3 is 10.1 Å². The van der Waals surface area contributed by atoms with Crippen LogP contribution in [0.1, 0.15) is 22.9 Å². The summed E-state index contributed by atoms with van der Waals surface area (Å²) in [6, 6.07) is 11.8. The third kappa shape index (κ3) is 2.41. The van der Waals surface area contributed by atoms with Gasteiger partial charge in [0, 0.05) is 23.3 Å². The van der Waals surface area contributed by atoms with E-state index in [1.54, 1.807) is 24.8 Å². The fraction of sp³-hybridized carbons (Fsp3) is 0.176. The van der Waals surface area contributed by atoms with Crippen LogP contribution in [-0.4, -0.2) is 22.6 Å². The van der Waals surface area contributed by atoms with Crippen LogP contribution in [0.5, 0.6) is 5.75 Å². The Morgan fingerprint density at radius 2 is 2.26 bits per heavy atom. The zero-order valence-corrected chi connectivity index (χ0v) is 13.3. The number of nitrogens with one attached hydrogen (secondary N) is 1. The first-order chi connectivity index (χ1) is 11.3. The maximum Gasteiger partial charge on any atom is 0.226 e. The molecule has 23 heavy (non-hydrogen) atoms. The number of hydrogen-bond acceptors (Lipinski definition) is 4. The summed E-state index contributed by atoms with van der Waals surface area (Å²) in [5, 5.41) is 4.99. The molecule has 0 aliphatic carbocycles. The number of methoxy groups -OCH3 is 1. The third-order valence-electron chi connectivity index (χ3n) is 3.99. The molecule has 2 aromatic heterocycles. The highest BCUT2D eigenvalue weighted by Gasteiger charge is 2.31. The van der Waals surface area contributed by atoms with Crippen LogP contribution in [-0.2, 0) is 4.79 Å². The zero-order chi connectivity index (χ0) is 15.8. The molecule has 0 bridgehead atoms. The van der Waals surface area contributed by atoms with E-state index in [1.165, 1.54) is 0 Å². The van der Waals surface area contributed by atoms with Crippen LogP contribution >= 0.6 is 11.3 Å². The molecule has 1 aliphatic heterocycles. The third-order valence-corrected chi connectivity index (χ3v) is 4.98. The molecule has 5 nitrogen and oxygen atoms in total. The number of imidazole rings is 1. The molecule has 0 fully saturated rings. The molecule has 1 aromatic carbocycles. The molecule has 1 aliphatic rings. The number of carbonyl (C=O) groups is 1. The number of rotatable bonds is 3. The molecule has 3 aromatic rings. The highest BCUT2D eigenvalue weighted by atomic mass is 32.1. The lowest BCUT2D eigenvalue weighted by atomic mass is 9.96. The number of benzene rings is 1. The van der Waals surface area contributed by atoms with Gasteiger partial charge in [0.1, 0.15) is 17.9 Å². The van der Waals surface area contributed by atoms with Gasteiger partial charge in [-0.3, -0.25) is 9.36 Å². The molecule has 6 heteroatoms. The minimum atomic E-state index is 0.0144. The minimum Gasteiger partial charge on any atom is -0.497 e. The van der Waals surface area contributed by atoms with Crippen molar-refractivity contribution in [2.75, 3.05) is 12.4 Å². The first-order valence-electron chi connectivity index (χ1n) is 7.31. The van der Waals surface area contributed by atoms with Gasteiger partial charge in [-0.25, -0.2) is 4.98 Å². The Morgan fingerprint density at radius 1 is 1.35 bits per heavy atom. The minimum absolute atomic E-state index is 0.0144. The molecule has 3 heterocycles. The van der Waals surface area contributed by atoms with Gasteiger partial charge in [-0.05, 0) is 23.6 Å². The number of hydrogen-bond donors (Lipinski definition) is 1. The molecular formula is C17H15N3O2S. The summed E-state index contributed by atoms with van der Waals surface area (Å²) < 4.78 is 7.18.